The number of aromatic carboxylic acids is 1. The van der Waals surface area contributed by atoms with Crippen LogP contribution in [0.2, 0.25) is 0 Å². The summed E-state index contributed by atoms with van der Waals surface area (Å²) in [6, 6.07) is 5.40. The van der Waals surface area contributed by atoms with E-state index < -0.39 is 5.97 Å². The Morgan fingerprint density at radius 3 is 2.90 bits per heavy atom. The lowest BCUT2D eigenvalue weighted by molar-refractivity contribution is 0.0689. The van der Waals surface area contributed by atoms with E-state index in [-0.39, 0.29) is 5.69 Å². The second kappa shape index (κ2) is 4.64. The van der Waals surface area contributed by atoms with Gasteiger partial charge in [-0.05, 0) is 23.3 Å². The van der Waals surface area contributed by atoms with Crippen LogP contribution in [0.3, 0.4) is 0 Å². The first kappa shape index (κ1) is 12.7. The highest BCUT2D eigenvalue weighted by Crippen LogP contribution is 2.38. The molecule has 0 aliphatic carbocycles. The molecule has 0 atom stereocenters. The van der Waals surface area contributed by atoms with E-state index in [0.29, 0.717) is 24.7 Å². The third-order valence-electron chi connectivity index (χ3n) is 3.45. The largest absolute Gasteiger partial charge is 0.496 e. The molecule has 1 aromatic heterocycles. The molecule has 0 radical (unpaired) electrons. The summed E-state index contributed by atoms with van der Waals surface area (Å²) < 4.78 is 12.4. The van der Waals surface area contributed by atoms with Gasteiger partial charge in [0.25, 0.3) is 0 Å². The zero-order chi connectivity index (χ0) is 14.3. The number of benzene rings is 1. The number of nitrogens with zero attached hydrogens (tertiary/aromatic N) is 2. The van der Waals surface area contributed by atoms with Crippen molar-refractivity contribution in [1.82, 2.24) is 9.78 Å². The lowest BCUT2D eigenvalue weighted by Crippen LogP contribution is -2.01. The molecule has 6 nitrogen and oxygen atoms in total. The van der Waals surface area contributed by atoms with Crippen LogP contribution in [0, 0.1) is 0 Å². The molecule has 0 saturated carbocycles. The summed E-state index contributed by atoms with van der Waals surface area (Å²) in [7, 11) is 3.31. The second-order valence-electron chi connectivity index (χ2n) is 4.62. The molecule has 0 amide bonds. The molecule has 1 aliphatic rings. The topological polar surface area (TPSA) is 73.6 Å². The Morgan fingerprint density at radius 2 is 2.25 bits per heavy atom. The van der Waals surface area contributed by atoms with Gasteiger partial charge in [0.2, 0.25) is 0 Å². The highest BCUT2D eigenvalue weighted by molar-refractivity contribution is 5.88. The SMILES string of the molecule is COc1ccc2c(c1-c1cc(C(=O)O)nn1C)COC2. The molecule has 1 N–H and O–H groups in total. The normalized spacial score (nSPS) is 13.3. The number of ether oxygens (including phenoxy) is 2. The van der Waals surface area contributed by atoms with Crippen molar-refractivity contribution >= 4 is 5.97 Å². The number of carbonyl (C=O) groups is 1. The van der Waals surface area contributed by atoms with Gasteiger partial charge in [-0.1, -0.05) is 6.07 Å². The lowest BCUT2D eigenvalue weighted by Gasteiger charge is -2.12. The Morgan fingerprint density at radius 1 is 1.45 bits per heavy atom. The van der Waals surface area contributed by atoms with Gasteiger partial charge in [0.05, 0.1) is 26.0 Å². The van der Waals surface area contributed by atoms with Crippen LogP contribution in [0.5, 0.6) is 5.75 Å². The molecule has 20 heavy (non-hydrogen) atoms. The summed E-state index contributed by atoms with van der Waals surface area (Å²) in [6.07, 6.45) is 0. The smallest absolute Gasteiger partial charge is 0.356 e. The molecule has 2 aromatic rings. The zero-order valence-corrected chi connectivity index (χ0v) is 11.2. The van der Waals surface area contributed by atoms with Crippen LogP contribution >= 0.6 is 0 Å². The van der Waals surface area contributed by atoms with E-state index in [1.165, 1.54) is 0 Å². The summed E-state index contributed by atoms with van der Waals surface area (Å²) in [6.45, 7) is 1.06. The highest BCUT2D eigenvalue weighted by Gasteiger charge is 2.23. The Kier molecular flexibility index (Phi) is 2.94. The maximum Gasteiger partial charge on any atom is 0.356 e. The second-order valence-corrected chi connectivity index (χ2v) is 4.62. The lowest BCUT2D eigenvalue weighted by atomic mass is 9.99. The van der Waals surface area contributed by atoms with E-state index in [9.17, 15) is 4.79 Å². The number of fused-ring (bicyclic) bond motifs is 1. The van der Waals surface area contributed by atoms with Crippen LogP contribution in [-0.4, -0.2) is 28.0 Å². The average molecular weight is 274 g/mol. The van der Waals surface area contributed by atoms with Gasteiger partial charge in [-0.25, -0.2) is 4.79 Å². The van der Waals surface area contributed by atoms with Gasteiger partial charge in [0, 0.05) is 12.6 Å². The molecule has 0 unspecified atom stereocenters. The Hall–Kier alpha value is -2.34. The van der Waals surface area contributed by atoms with Crippen LogP contribution in [0.4, 0.5) is 0 Å². The molecule has 1 aromatic carbocycles. The summed E-state index contributed by atoms with van der Waals surface area (Å²) >= 11 is 0. The number of hydrogen-bond acceptors (Lipinski definition) is 4. The van der Waals surface area contributed by atoms with Gasteiger partial charge < -0.3 is 14.6 Å². The minimum Gasteiger partial charge on any atom is -0.496 e. The van der Waals surface area contributed by atoms with Crippen molar-refractivity contribution in [1.29, 1.82) is 0 Å². The van der Waals surface area contributed by atoms with E-state index in [1.807, 2.05) is 12.1 Å². The molecule has 0 spiro atoms. The molecule has 104 valence electrons. The quantitative estimate of drug-likeness (QED) is 0.924. The van der Waals surface area contributed by atoms with Gasteiger partial charge in [0.1, 0.15) is 5.75 Å². The predicted molar refractivity (Wildman–Crippen MR) is 70.6 cm³/mol. The van der Waals surface area contributed by atoms with Gasteiger partial charge in [-0.15, -0.1) is 0 Å². The number of rotatable bonds is 3. The minimum absolute atomic E-state index is 0.0149. The van der Waals surface area contributed by atoms with Crippen molar-refractivity contribution in [2.45, 2.75) is 13.2 Å². The average Bonchev–Trinajstić information content (AvgIpc) is 3.03. The molecule has 1 aliphatic heterocycles. The number of aryl methyl sites for hydroxylation is 1. The number of aromatic nitrogens is 2. The van der Waals surface area contributed by atoms with Crippen LogP contribution in [0.15, 0.2) is 18.2 Å². The Bertz CT molecular complexity index is 691. The molecule has 2 heterocycles. The van der Waals surface area contributed by atoms with E-state index in [0.717, 1.165) is 16.7 Å². The molecular formula is C14H14N2O4. The van der Waals surface area contributed by atoms with Gasteiger partial charge in [0.15, 0.2) is 5.69 Å². The summed E-state index contributed by atoms with van der Waals surface area (Å²) in [5, 5.41) is 13.1. The Balaban J connectivity index is 2.23. The highest BCUT2D eigenvalue weighted by atomic mass is 16.5. The van der Waals surface area contributed by atoms with E-state index >= 15 is 0 Å². The molecule has 0 saturated heterocycles. The van der Waals surface area contributed by atoms with Crippen molar-refractivity contribution in [2.24, 2.45) is 7.05 Å². The fourth-order valence-electron chi connectivity index (χ4n) is 2.49. The first-order chi connectivity index (χ1) is 9.61. The molecule has 3 rings (SSSR count). The molecule has 6 heteroatoms. The summed E-state index contributed by atoms with van der Waals surface area (Å²) in [5.74, 6) is -0.358. The fraction of sp³-hybridized carbons (Fsp3) is 0.286. The van der Waals surface area contributed by atoms with E-state index in [4.69, 9.17) is 14.6 Å². The number of carboxylic acid groups (broad SMARTS) is 1. The first-order valence-electron chi connectivity index (χ1n) is 6.16. The standard InChI is InChI=1S/C14H14N2O4/c1-16-11(5-10(15-16)14(17)18)13-9-7-20-6-8(9)3-4-12(13)19-2/h3-5H,6-7H2,1-2H3,(H,17,18). The minimum atomic E-state index is -1.05. The van der Waals surface area contributed by atoms with Crippen molar-refractivity contribution in [3.05, 3.63) is 35.0 Å². The monoisotopic (exact) mass is 274 g/mol. The van der Waals surface area contributed by atoms with Crippen LogP contribution in [0.25, 0.3) is 11.3 Å². The van der Waals surface area contributed by atoms with Gasteiger partial charge in [-0.3, -0.25) is 4.68 Å². The van der Waals surface area contributed by atoms with E-state index in [2.05, 4.69) is 5.10 Å². The summed E-state index contributed by atoms with van der Waals surface area (Å²) in [5.41, 5.74) is 3.70. The maximum atomic E-state index is 11.1. The van der Waals surface area contributed by atoms with Crippen molar-refractivity contribution in [2.75, 3.05) is 7.11 Å². The van der Waals surface area contributed by atoms with Crippen molar-refractivity contribution in [3.63, 3.8) is 0 Å². The number of carboxylic acids is 1. The van der Waals surface area contributed by atoms with Gasteiger partial charge in [-0.2, -0.15) is 5.10 Å². The molecule has 0 bridgehead atoms. The first-order valence-corrected chi connectivity index (χ1v) is 6.16. The third kappa shape index (κ3) is 1.85. The Labute approximate surface area is 115 Å². The third-order valence-corrected chi connectivity index (χ3v) is 3.45. The maximum absolute atomic E-state index is 11.1. The fourth-order valence-corrected chi connectivity index (χ4v) is 2.49. The zero-order valence-electron chi connectivity index (χ0n) is 11.2. The van der Waals surface area contributed by atoms with Crippen molar-refractivity contribution < 1.29 is 19.4 Å². The molecule has 0 fully saturated rings. The van der Waals surface area contributed by atoms with Crippen LogP contribution in [-0.2, 0) is 25.0 Å². The summed E-state index contributed by atoms with van der Waals surface area (Å²) in [4.78, 5) is 11.1. The number of methoxy groups -OCH3 is 1. The van der Waals surface area contributed by atoms with Crippen LogP contribution < -0.4 is 4.74 Å². The van der Waals surface area contributed by atoms with E-state index in [1.54, 1.807) is 24.9 Å². The number of hydrogen-bond donors (Lipinski definition) is 1. The predicted octanol–water partition coefficient (Wildman–Crippen LogP) is 1.82. The van der Waals surface area contributed by atoms with Gasteiger partial charge >= 0.3 is 5.97 Å². The van der Waals surface area contributed by atoms with Crippen LogP contribution in [0.1, 0.15) is 21.6 Å². The van der Waals surface area contributed by atoms with Crippen molar-refractivity contribution in [3.8, 4) is 17.0 Å². The molecular weight excluding hydrogens is 260 g/mol.